The second-order valence-corrected chi connectivity index (χ2v) is 2.57. The first-order valence-corrected chi connectivity index (χ1v) is 3.49. The van der Waals surface area contributed by atoms with E-state index in [9.17, 15) is 9.59 Å². The van der Waals surface area contributed by atoms with Crippen LogP contribution in [-0.2, 0) is 9.59 Å². The standard InChI is InChI=1S/C6H12N2O5/c7-5(12)3(10)1-2(9)4(11)6(8)13/h2-4,9-11H,1H2,(H2,7,12)(H2,8,13)/t2-,3?,4+/m1/s1. The third-order valence-electron chi connectivity index (χ3n) is 1.45. The summed E-state index contributed by atoms with van der Waals surface area (Å²) in [6.45, 7) is 0. The Morgan fingerprint density at radius 1 is 1.08 bits per heavy atom. The number of aliphatic hydroxyl groups is 3. The SMILES string of the molecule is NC(=O)C(O)C[C@@H](O)[C@H](O)C(N)=O. The first kappa shape index (κ1) is 11.8. The smallest absolute Gasteiger partial charge is 0.248 e. The monoisotopic (exact) mass is 192 g/mol. The van der Waals surface area contributed by atoms with Crippen molar-refractivity contribution in [2.75, 3.05) is 0 Å². The first-order chi connectivity index (χ1) is 5.86. The van der Waals surface area contributed by atoms with E-state index in [-0.39, 0.29) is 0 Å². The van der Waals surface area contributed by atoms with Gasteiger partial charge < -0.3 is 26.8 Å². The van der Waals surface area contributed by atoms with Crippen LogP contribution in [0.2, 0.25) is 0 Å². The molecule has 0 aliphatic heterocycles. The number of primary amides is 2. The lowest BCUT2D eigenvalue weighted by molar-refractivity contribution is -0.136. The van der Waals surface area contributed by atoms with E-state index >= 15 is 0 Å². The van der Waals surface area contributed by atoms with E-state index in [1.807, 2.05) is 0 Å². The van der Waals surface area contributed by atoms with Gasteiger partial charge in [-0.25, -0.2) is 0 Å². The van der Waals surface area contributed by atoms with Gasteiger partial charge in [0.2, 0.25) is 11.8 Å². The molecule has 0 heterocycles. The predicted molar refractivity (Wildman–Crippen MR) is 41.0 cm³/mol. The van der Waals surface area contributed by atoms with Gasteiger partial charge in [-0.05, 0) is 0 Å². The molecule has 0 rings (SSSR count). The Hall–Kier alpha value is -1.18. The van der Waals surface area contributed by atoms with Crippen LogP contribution in [0.1, 0.15) is 6.42 Å². The molecule has 0 aliphatic rings. The van der Waals surface area contributed by atoms with Crippen molar-refractivity contribution in [1.82, 2.24) is 0 Å². The third kappa shape index (κ3) is 3.83. The summed E-state index contributed by atoms with van der Waals surface area (Å²) < 4.78 is 0. The highest BCUT2D eigenvalue weighted by Gasteiger charge is 2.26. The van der Waals surface area contributed by atoms with Crippen molar-refractivity contribution in [2.45, 2.75) is 24.7 Å². The molecular formula is C6H12N2O5. The second kappa shape index (κ2) is 4.75. The maximum Gasteiger partial charge on any atom is 0.248 e. The summed E-state index contributed by atoms with van der Waals surface area (Å²) in [5, 5.41) is 26.7. The van der Waals surface area contributed by atoms with Crippen LogP contribution in [0.15, 0.2) is 0 Å². The van der Waals surface area contributed by atoms with Gasteiger partial charge in [0.1, 0.15) is 6.10 Å². The molecule has 0 aromatic carbocycles. The van der Waals surface area contributed by atoms with E-state index in [1.54, 1.807) is 0 Å². The molecule has 7 heteroatoms. The number of aliphatic hydroxyl groups excluding tert-OH is 3. The van der Waals surface area contributed by atoms with Gasteiger partial charge in [0.15, 0.2) is 6.10 Å². The molecule has 0 aromatic rings. The average molecular weight is 192 g/mol. The van der Waals surface area contributed by atoms with Crippen LogP contribution in [0.25, 0.3) is 0 Å². The van der Waals surface area contributed by atoms with Crippen LogP contribution < -0.4 is 11.5 Å². The second-order valence-electron chi connectivity index (χ2n) is 2.57. The zero-order valence-electron chi connectivity index (χ0n) is 6.75. The van der Waals surface area contributed by atoms with Crippen LogP contribution in [0.3, 0.4) is 0 Å². The van der Waals surface area contributed by atoms with E-state index in [4.69, 9.17) is 15.3 Å². The summed E-state index contributed by atoms with van der Waals surface area (Å²) in [7, 11) is 0. The lowest BCUT2D eigenvalue weighted by Crippen LogP contribution is -2.42. The summed E-state index contributed by atoms with van der Waals surface area (Å²) in [6, 6.07) is 0. The predicted octanol–water partition coefficient (Wildman–Crippen LogP) is -3.57. The molecule has 0 saturated heterocycles. The maximum absolute atomic E-state index is 10.3. The van der Waals surface area contributed by atoms with Gasteiger partial charge in [-0.15, -0.1) is 0 Å². The average Bonchev–Trinajstić information content (AvgIpc) is 2.02. The highest BCUT2D eigenvalue weighted by molar-refractivity contribution is 5.80. The number of rotatable bonds is 5. The fraction of sp³-hybridized carbons (Fsp3) is 0.667. The van der Waals surface area contributed by atoms with Crippen molar-refractivity contribution < 1.29 is 24.9 Å². The zero-order valence-corrected chi connectivity index (χ0v) is 6.75. The van der Waals surface area contributed by atoms with Crippen molar-refractivity contribution in [2.24, 2.45) is 11.5 Å². The lowest BCUT2D eigenvalue weighted by atomic mass is 10.1. The van der Waals surface area contributed by atoms with Crippen molar-refractivity contribution >= 4 is 11.8 Å². The quantitative estimate of drug-likeness (QED) is 0.305. The molecule has 0 radical (unpaired) electrons. The molecule has 0 spiro atoms. The molecule has 0 aromatic heterocycles. The minimum atomic E-state index is -1.81. The molecule has 0 fully saturated rings. The molecule has 0 bridgehead atoms. The number of carbonyl (C=O) groups is 2. The lowest BCUT2D eigenvalue weighted by Gasteiger charge is -2.16. The normalized spacial score (nSPS) is 17.5. The van der Waals surface area contributed by atoms with Gasteiger partial charge in [0.05, 0.1) is 6.10 Å². The molecule has 2 amide bonds. The number of carbonyl (C=O) groups excluding carboxylic acids is 2. The topological polar surface area (TPSA) is 147 Å². The summed E-state index contributed by atoms with van der Waals surface area (Å²) in [6.07, 6.45) is -5.54. The summed E-state index contributed by atoms with van der Waals surface area (Å²) in [5.74, 6) is -2.18. The Labute approximate surface area is 73.9 Å². The van der Waals surface area contributed by atoms with Crippen LogP contribution >= 0.6 is 0 Å². The van der Waals surface area contributed by atoms with E-state index in [2.05, 4.69) is 11.5 Å². The number of nitrogens with two attached hydrogens (primary N) is 2. The highest BCUT2D eigenvalue weighted by Crippen LogP contribution is 2.02. The fourth-order valence-corrected chi connectivity index (χ4v) is 0.663. The van der Waals surface area contributed by atoms with Crippen molar-refractivity contribution in [3.63, 3.8) is 0 Å². The van der Waals surface area contributed by atoms with Crippen molar-refractivity contribution in [1.29, 1.82) is 0 Å². The Morgan fingerprint density at radius 2 is 1.54 bits per heavy atom. The molecule has 7 N–H and O–H groups in total. The minimum absolute atomic E-state index is 0.528. The third-order valence-corrected chi connectivity index (χ3v) is 1.45. The van der Waals surface area contributed by atoms with Crippen LogP contribution in [0.5, 0.6) is 0 Å². The largest absolute Gasteiger partial charge is 0.390 e. The fourth-order valence-electron chi connectivity index (χ4n) is 0.663. The van der Waals surface area contributed by atoms with Gasteiger partial charge in [0.25, 0.3) is 0 Å². The Balaban J connectivity index is 4.06. The van der Waals surface area contributed by atoms with Crippen molar-refractivity contribution in [3.8, 4) is 0 Å². The molecule has 0 saturated carbocycles. The Morgan fingerprint density at radius 3 is 1.85 bits per heavy atom. The van der Waals surface area contributed by atoms with Gasteiger partial charge in [0, 0.05) is 6.42 Å². The zero-order chi connectivity index (χ0) is 10.6. The first-order valence-electron chi connectivity index (χ1n) is 3.49. The highest BCUT2D eigenvalue weighted by atomic mass is 16.3. The number of hydrogen-bond acceptors (Lipinski definition) is 5. The number of amides is 2. The maximum atomic E-state index is 10.3. The van der Waals surface area contributed by atoms with Gasteiger partial charge >= 0.3 is 0 Å². The van der Waals surface area contributed by atoms with Crippen molar-refractivity contribution in [3.05, 3.63) is 0 Å². The molecule has 76 valence electrons. The van der Waals surface area contributed by atoms with Crippen LogP contribution in [0.4, 0.5) is 0 Å². The molecule has 7 nitrogen and oxygen atoms in total. The summed E-state index contributed by atoms with van der Waals surface area (Å²) >= 11 is 0. The summed E-state index contributed by atoms with van der Waals surface area (Å²) in [5.41, 5.74) is 9.30. The molecule has 0 aliphatic carbocycles. The molecule has 1 unspecified atom stereocenters. The van der Waals surface area contributed by atoms with Gasteiger partial charge in [-0.3, -0.25) is 9.59 Å². The number of hydrogen-bond donors (Lipinski definition) is 5. The van der Waals surface area contributed by atoms with Gasteiger partial charge in [-0.1, -0.05) is 0 Å². The molecule has 13 heavy (non-hydrogen) atoms. The molecular weight excluding hydrogens is 180 g/mol. The van der Waals surface area contributed by atoms with E-state index in [0.717, 1.165) is 0 Å². The van der Waals surface area contributed by atoms with E-state index < -0.39 is 36.5 Å². The van der Waals surface area contributed by atoms with E-state index in [0.29, 0.717) is 0 Å². The van der Waals surface area contributed by atoms with Crippen LogP contribution in [-0.4, -0.2) is 45.4 Å². The Bertz CT molecular complexity index is 207. The van der Waals surface area contributed by atoms with E-state index in [1.165, 1.54) is 0 Å². The minimum Gasteiger partial charge on any atom is -0.390 e. The van der Waals surface area contributed by atoms with Crippen LogP contribution in [0, 0.1) is 0 Å². The Kier molecular flexibility index (Phi) is 4.32. The summed E-state index contributed by atoms with van der Waals surface area (Å²) in [4.78, 5) is 20.6. The van der Waals surface area contributed by atoms with Gasteiger partial charge in [-0.2, -0.15) is 0 Å². The molecule has 3 atom stereocenters.